The van der Waals surface area contributed by atoms with Crippen LogP contribution in [0.1, 0.15) is 46.8 Å². The van der Waals surface area contributed by atoms with Crippen LogP contribution in [0.3, 0.4) is 0 Å². The standard InChI is InChI=1S/C23H24N2O3S2/c1-3-28-23(27)20-17-10-9-14(2)11-18(17)30-22(20)25-19(26)12-16-13-29-21(24-16)15-7-5-4-6-8-15/h4-8,13-14H,3,9-12H2,1-2H3,(H,25,26). The van der Waals surface area contributed by atoms with Crippen LogP contribution in [-0.2, 0) is 28.8 Å². The molecule has 2 heterocycles. The molecule has 1 unspecified atom stereocenters. The molecule has 5 nitrogen and oxygen atoms in total. The SMILES string of the molecule is CCOC(=O)c1c(NC(=O)Cc2csc(-c3ccccc3)n2)sc2c1CCC(C)C2. The summed E-state index contributed by atoms with van der Waals surface area (Å²) in [5, 5.41) is 6.38. The summed E-state index contributed by atoms with van der Waals surface area (Å²) >= 11 is 3.04. The van der Waals surface area contributed by atoms with Gasteiger partial charge in [0.05, 0.1) is 24.3 Å². The summed E-state index contributed by atoms with van der Waals surface area (Å²) in [6.07, 6.45) is 3.01. The van der Waals surface area contributed by atoms with Gasteiger partial charge < -0.3 is 10.1 Å². The highest BCUT2D eigenvalue weighted by Gasteiger charge is 2.29. The summed E-state index contributed by atoms with van der Waals surface area (Å²) in [7, 11) is 0. The minimum atomic E-state index is -0.347. The number of ether oxygens (including phenoxy) is 1. The second-order valence-electron chi connectivity index (χ2n) is 7.51. The number of thiophene rings is 1. The van der Waals surface area contributed by atoms with E-state index < -0.39 is 0 Å². The Morgan fingerprint density at radius 2 is 2.07 bits per heavy atom. The summed E-state index contributed by atoms with van der Waals surface area (Å²) in [5.41, 5.74) is 3.36. The zero-order chi connectivity index (χ0) is 21.1. The number of carbonyl (C=O) groups excluding carboxylic acids is 2. The van der Waals surface area contributed by atoms with Gasteiger partial charge in [-0.2, -0.15) is 0 Å². The summed E-state index contributed by atoms with van der Waals surface area (Å²) < 4.78 is 5.28. The monoisotopic (exact) mass is 440 g/mol. The number of thiazole rings is 1. The molecule has 3 aromatic rings. The van der Waals surface area contributed by atoms with Gasteiger partial charge in [0.1, 0.15) is 10.0 Å². The van der Waals surface area contributed by atoms with Gasteiger partial charge in [0.25, 0.3) is 0 Å². The number of benzene rings is 1. The lowest BCUT2D eigenvalue weighted by Gasteiger charge is -2.18. The topological polar surface area (TPSA) is 68.3 Å². The van der Waals surface area contributed by atoms with Gasteiger partial charge in [-0.1, -0.05) is 37.3 Å². The predicted octanol–water partition coefficient (Wildman–Crippen LogP) is 5.35. The van der Waals surface area contributed by atoms with Crippen LogP contribution in [0.25, 0.3) is 10.6 Å². The number of esters is 1. The molecular formula is C23H24N2O3S2. The van der Waals surface area contributed by atoms with Crippen molar-refractivity contribution in [2.24, 2.45) is 5.92 Å². The summed E-state index contributed by atoms with van der Waals surface area (Å²) in [6.45, 7) is 4.33. The van der Waals surface area contributed by atoms with E-state index in [0.29, 0.717) is 23.1 Å². The van der Waals surface area contributed by atoms with E-state index >= 15 is 0 Å². The predicted molar refractivity (Wildman–Crippen MR) is 121 cm³/mol. The second kappa shape index (κ2) is 9.10. The van der Waals surface area contributed by atoms with Crippen LogP contribution in [0.15, 0.2) is 35.7 Å². The number of rotatable bonds is 6. The number of nitrogens with one attached hydrogen (secondary N) is 1. The largest absolute Gasteiger partial charge is 0.462 e. The van der Waals surface area contributed by atoms with Crippen molar-refractivity contribution >= 4 is 39.6 Å². The number of aromatic nitrogens is 1. The van der Waals surface area contributed by atoms with Crippen molar-refractivity contribution in [3.63, 3.8) is 0 Å². The zero-order valence-electron chi connectivity index (χ0n) is 17.1. The van der Waals surface area contributed by atoms with Crippen LogP contribution in [0, 0.1) is 5.92 Å². The quantitative estimate of drug-likeness (QED) is 0.524. The smallest absolute Gasteiger partial charge is 0.341 e. The summed E-state index contributed by atoms with van der Waals surface area (Å²) in [5.74, 6) is 0.0677. The van der Waals surface area contributed by atoms with Gasteiger partial charge in [-0.05, 0) is 37.7 Å². The van der Waals surface area contributed by atoms with Crippen LogP contribution in [0.5, 0.6) is 0 Å². The zero-order valence-corrected chi connectivity index (χ0v) is 18.7. The maximum absolute atomic E-state index is 12.7. The third-order valence-corrected chi connectivity index (χ3v) is 7.27. The van der Waals surface area contributed by atoms with E-state index in [1.54, 1.807) is 6.92 Å². The van der Waals surface area contributed by atoms with Crippen molar-refractivity contribution < 1.29 is 14.3 Å². The molecule has 0 radical (unpaired) electrons. The van der Waals surface area contributed by atoms with Crippen LogP contribution in [0.4, 0.5) is 5.00 Å². The first-order valence-corrected chi connectivity index (χ1v) is 11.9. The molecule has 156 valence electrons. The van der Waals surface area contributed by atoms with Gasteiger partial charge in [0, 0.05) is 15.8 Å². The highest BCUT2D eigenvalue weighted by Crippen LogP contribution is 2.40. The number of hydrogen-bond donors (Lipinski definition) is 1. The molecule has 30 heavy (non-hydrogen) atoms. The first kappa shape index (κ1) is 20.8. The van der Waals surface area contributed by atoms with Crippen molar-refractivity contribution in [3.8, 4) is 10.6 Å². The summed E-state index contributed by atoms with van der Waals surface area (Å²) in [6, 6.07) is 9.92. The molecule has 0 spiro atoms. The van der Waals surface area contributed by atoms with Gasteiger partial charge in [-0.15, -0.1) is 22.7 Å². The fraction of sp³-hybridized carbons (Fsp3) is 0.348. The molecule has 0 fully saturated rings. The molecule has 0 saturated heterocycles. The molecule has 0 bridgehead atoms. The molecule has 1 atom stereocenters. The van der Waals surface area contributed by atoms with Crippen molar-refractivity contribution in [1.82, 2.24) is 4.98 Å². The Bertz CT molecular complexity index is 1060. The van der Waals surface area contributed by atoms with E-state index in [1.807, 2.05) is 35.7 Å². The lowest BCUT2D eigenvalue weighted by Crippen LogP contribution is -2.18. The number of amides is 1. The van der Waals surface area contributed by atoms with Crippen LogP contribution in [-0.4, -0.2) is 23.5 Å². The van der Waals surface area contributed by atoms with Crippen molar-refractivity contribution in [2.45, 2.75) is 39.5 Å². The number of hydrogen-bond acceptors (Lipinski definition) is 6. The van der Waals surface area contributed by atoms with Gasteiger partial charge in [-0.25, -0.2) is 9.78 Å². The lowest BCUT2D eigenvalue weighted by molar-refractivity contribution is -0.115. The highest BCUT2D eigenvalue weighted by molar-refractivity contribution is 7.17. The van der Waals surface area contributed by atoms with Gasteiger partial charge in [-0.3, -0.25) is 4.79 Å². The minimum absolute atomic E-state index is 0.169. The third-order valence-electron chi connectivity index (χ3n) is 5.16. The summed E-state index contributed by atoms with van der Waals surface area (Å²) in [4.78, 5) is 31.1. The van der Waals surface area contributed by atoms with Crippen molar-refractivity contribution in [1.29, 1.82) is 0 Å². The Hall–Kier alpha value is -2.51. The minimum Gasteiger partial charge on any atom is -0.462 e. The maximum Gasteiger partial charge on any atom is 0.341 e. The Kier molecular flexibility index (Phi) is 6.29. The van der Waals surface area contributed by atoms with Gasteiger partial charge >= 0.3 is 5.97 Å². The second-order valence-corrected chi connectivity index (χ2v) is 9.47. The molecule has 0 aliphatic heterocycles. The molecule has 1 aliphatic carbocycles. The van der Waals surface area contributed by atoms with Gasteiger partial charge in [0.2, 0.25) is 5.91 Å². The normalized spacial score (nSPS) is 15.5. The molecule has 4 rings (SSSR count). The average Bonchev–Trinajstić information content (AvgIpc) is 3.32. The van der Waals surface area contributed by atoms with Crippen molar-refractivity contribution in [2.75, 3.05) is 11.9 Å². The highest BCUT2D eigenvalue weighted by atomic mass is 32.1. The average molecular weight is 441 g/mol. The molecule has 1 aromatic carbocycles. The van der Waals surface area contributed by atoms with Crippen molar-refractivity contribution in [3.05, 3.63) is 57.4 Å². The van der Waals surface area contributed by atoms with E-state index in [4.69, 9.17) is 4.74 Å². The lowest BCUT2D eigenvalue weighted by atomic mass is 9.88. The molecule has 1 amide bonds. The van der Waals surface area contributed by atoms with E-state index in [2.05, 4.69) is 17.2 Å². The first-order valence-electron chi connectivity index (χ1n) is 10.2. The number of fused-ring (bicyclic) bond motifs is 1. The van der Waals surface area contributed by atoms with Crippen LogP contribution in [0.2, 0.25) is 0 Å². The maximum atomic E-state index is 12.7. The third kappa shape index (κ3) is 4.47. The van der Waals surface area contributed by atoms with Crippen LogP contribution < -0.4 is 5.32 Å². The number of anilines is 1. The molecule has 1 N–H and O–H groups in total. The molecular weight excluding hydrogens is 416 g/mol. The van der Waals surface area contributed by atoms with E-state index in [1.165, 1.54) is 27.6 Å². The Labute approximate surface area is 184 Å². The fourth-order valence-electron chi connectivity index (χ4n) is 3.69. The van der Waals surface area contributed by atoms with E-state index in [9.17, 15) is 9.59 Å². The molecule has 1 aliphatic rings. The van der Waals surface area contributed by atoms with Crippen LogP contribution >= 0.6 is 22.7 Å². The number of carbonyl (C=O) groups is 2. The fourth-order valence-corrected chi connectivity index (χ4v) is 5.94. The van der Waals surface area contributed by atoms with E-state index in [0.717, 1.165) is 41.1 Å². The molecule has 7 heteroatoms. The Morgan fingerprint density at radius 1 is 1.27 bits per heavy atom. The van der Waals surface area contributed by atoms with E-state index in [-0.39, 0.29) is 18.3 Å². The number of nitrogens with zero attached hydrogens (tertiary/aromatic N) is 1. The molecule has 2 aromatic heterocycles. The first-order chi connectivity index (χ1) is 14.5. The Morgan fingerprint density at radius 3 is 2.83 bits per heavy atom. The van der Waals surface area contributed by atoms with Gasteiger partial charge in [0.15, 0.2) is 0 Å². The Balaban J connectivity index is 1.52. The molecule has 0 saturated carbocycles.